The summed E-state index contributed by atoms with van der Waals surface area (Å²) < 4.78 is 1.42. The highest BCUT2D eigenvalue weighted by atomic mass is 16.1. The van der Waals surface area contributed by atoms with Gasteiger partial charge >= 0.3 is 0 Å². The Kier molecular flexibility index (Phi) is 3.40. The summed E-state index contributed by atoms with van der Waals surface area (Å²) in [6, 6.07) is 17.8. The average molecular weight is 276 g/mol. The van der Waals surface area contributed by atoms with Gasteiger partial charge in [-0.15, -0.1) is 0 Å². The molecule has 21 heavy (non-hydrogen) atoms. The molecule has 0 atom stereocenters. The molecule has 0 unspecified atom stereocenters. The van der Waals surface area contributed by atoms with Crippen LogP contribution in [0.3, 0.4) is 0 Å². The Hall–Kier alpha value is -2.68. The van der Waals surface area contributed by atoms with Crippen LogP contribution < -0.4 is 5.56 Å². The zero-order chi connectivity index (χ0) is 14.8. The van der Waals surface area contributed by atoms with Crippen molar-refractivity contribution in [1.29, 1.82) is 0 Å². The molecule has 0 aliphatic rings. The van der Waals surface area contributed by atoms with Crippen LogP contribution in [0.5, 0.6) is 0 Å². The van der Waals surface area contributed by atoms with Gasteiger partial charge in [-0.3, -0.25) is 4.79 Å². The molecule has 1 heterocycles. The van der Waals surface area contributed by atoms with E-state index in [-0.39, 0.29) is 5.56 Å². The van der Waals surface area contributed by atoms with E-state index < -0.39 is 0 Å². The third kappa shape index (κ3) is 2.77. The third-order valence-electron chi connectivity index (χ3n) is 3.43. The molecule has 0 N–H and O–H groups in total. The Labute approximate surface area is 123 Å². The predicted octanol–water partition coefficient (Wildman–Crippen LogP) is 3.50. The lowest BCUT2D eigenvalue weighted by molar-refractivity contribution is 0.791. The number of aromatic nitrogens is 1. The molecule has 3 heteroatoms. The number of aryl methyl sites for hydroxylation is 2. The minimum Gasteiger partial charge on any atom is -0.267 e. The van der Waals surface area contributed by atoms with E-state index >= 15 is 0 Å². The molecule has 2 aromatic carbocycles. The van der Waals surface area contributed by atoms with E-state index in [2.05, 4.69) is 29.4 Å². The first kappa shape index (κ1) is 13.3. The van der Waals surface area contributed by atoms with Crippen LogP contribution in [0.4, 0.5) is 0 Å². The zero-order valence-electron chi connectivity index (χ0n) is 12.1. The van der Waals surface area contributed by atoms with Gasteiger partial charge in [0.15, 0.2) is 0 Å². The summed E-state index contributed by atoms with van der Waals surface area (Å²) in [5, 5.41) is 6.66. The fourth-order valence-electron chi connectivity index (χ4n) is 2.42. The van der Waals surface area contributed by atoms with Crippen LogP contribution in [0.25, 0.3) is 10.8 Å². The smallest absolute Gasteiger partial charge is 0.267 e. The maximum absolute atomic E-state index is 11.9. The number of pyridine rings is 1. The number of nitrogens with zero attached hydrogens (tertiary/aromatic N) is 2. The summed E-state index contributed by atoms with van der Waals surface area (Å²) in [5.41, 5.74) is 2.65. The summed E-state index contributed by atoms with van der Waals surface area (Å²) in [4.78, 5) is 11.9. The van der Waals surface area contributed by atoms with Gasteiger partial charge in [-0.1, -0.05) is 36.4 Å². The second-order valence-corrected chi connectivity index (χ2v) is 5.18. The average Bonchev–Trinajstić information content (AvgIpc) is 2.46. The molecule has 0 spiro atoms. The number of fused-ring (bicyclic) bond motifs is 1. The van der Waals surface area contributed by atoms with Crippen LogP contribution in [0.1, 0.15) is 16.8 Å². The van der Waals surface area contributed by atoms with Crippen molar-refractivity contribution in [3.63, 3.8) is 0 Å². The number of hydrogen-bond donors (Lipinski definition) is 0. The van der Waals surface area contributed by atoms with Gasteiger partial charge in [0.25, 0.3) is 5.56 Å². The predicted molar refractivity (Wildman–Crippen MR) is 87.1 cm³/mol. The van der Waals surface area contributed by atoms with Crippen molar-refractivity contribution in [3.8, 4) is 0 Å². The van der Waals surface area contributed by atoms with Crippen LogP contribution in [0, 0.1) is 13.8 Å². The van der Waals surface area contributed by atoms with Crippen molar-refractivity contribution >= 4 is 17.0 Å². The normalized spacial score (nSPS) is 11.3. The van der Waals surface area contributed by atoms with Crippen molar-refractivity contribution in [1.82, 2.24) is 4.68 Å². The lowest BCUT2D eigenvalue weighted by Gasteiger charge is -2.04. The molecule has 0 radical (unpaired) electrons. The summed E-state index contributed by atoms with van der Waals surface area (Å²) in [6.07, 6.45) is 1.72. The highest BCUT2D eigenvalue weighted by Gasteiger charge is 1.99. The number of hydrogen-bond acceptors (Lipinski definition) is 2. The summed E-state index contributed by atoms with van der Waals surface area (Å²) in [7, 11) is 0. The molecule has 104 valence electrons. The van der Waals surface area contributed by atoms with Gasteiger partial charge < -0.3 is 0 Å². The van der Waals surface area contributed by atoms with Crippen LogP contribution >= 0.6 is 0 Å². The van der Waals surface area contributed by atoms with E-state index in [0.717, 1.165) is 22.2 Å². The van der Waals surface area contributed by atoms with E-state index in [1.807, 2.05) is 38.1 Å². The van der Waals surface area contributed by atoms with E-state index in [0.29, 0.717) is 0 Å². The Morgan fingerprint density at radius 2 is 1.71 bits per heavy atom. The van der Waals surface area contributed by atoms with Gasteiger partial charge in [-0.25, -0.2) is 4.68 Å². The molecule has 0 aliphatic carbocycles. The molecule has 0 saturated heterocycles. The Morgan fingerprint density at radius 3 is 2.48 bits per heavy atom. The molecule has 3 nitrogen and oxygen atoms in total. The molecule has 3 rings (SSSR count). The Balaban J connectivity index is 2.00. The van der Waals surface area contributed by atoms with Crippen molar-refractivity contribution in [2.24, 2.45) is 5.10 Å². The van der Waals surface area contributed by atoms with Gasteiger partial charge in [0.1, 0.15) is 0 Å². The highest BCUT2D eigenvalue weighted by molar-refractivity contribution is 5.90. The third-order valence-corrected chi connectivity index (χ3v) is 3.43. The topological polar surface area (TPSA) is 34.4 Å². The van der Waals surface area contributed by atoms with Crippen molar-refractivity contribution in [3.05, 3.63) is 81.8 Å². The molecular weight excluding hydrogens is 260 g/mol. The number of rotatable bonds is 2. The van der Waals surface area contributed by atoms with Crippen LogP contribution in [0.15, 0.2) is 64.5 Å². The van der Waals surface area contributed by atoms with Crippen LogP contribution in [0.2, 0.25) is 0 Å². The SMILES string of the molecule is Cc1cc(C)n(/N=C/c2ccc3ccccc3c2)c(=O)c1. The molecule has 0 saturated carbocycles. The standard InChI is InChI=1S/C18H16N2O/c1-13-9-14(2)20(18(21)10-13)19-12-15-7-8-16-5-3-4-6-17(16)11-15/h3-12H,1-2H3/b19-12+. The monoisotopic (exact) mass is 276 g/mol. The van der Waals surface area contributed by atoms with Gasteiger partial charge in [0.05, 0.1) is 6.21 Å². The van der Waals surface area contributed by atoms with E-state index in [4.69, 9.17) is 0 Å². The Bertz CT molecular complexity index is 891. The van der Waals surface area contributed by atoms with Crippen LogP contribution in [-0.2, 0) is 0 Å². The van der Waals surface area contributed by atoms with Crippen molar-refractivity contribution in [2.45, 2.75) is 13.8 Å². The van der Waals surface area contributed by atoms with Crippen molar-refractivity contribution < 1.29 is 0 Å². The second-order valence-electron chi connectivity index (χ2n) is 5.18. The largest absolute Gasteiger partial charge is 0.271 e. The molecular formula is C18H16N2O. The second kappa shape index (κ2) is 5.37. The minimum atomic E-state index is -0.107. The minimum absolute atomic E-state index is 0.107. The zero-order valence-corrected chi connectivity index (χ0v) is 12.1. The maximum Gasteiger partial charge on any atom is 0.271 e. The quantitative estimate of drug-likeness (QED) is 0.660. The molecule has 0 amide bonds. The summed E-state index contributed by atoms with van der Waals surface area (Å²) in [6.45, 7) is 3.79. The highest BCUT2D eigenvalue weighted by Crippen LogP contribution is 2.14. The first-order valence-corrected chi connectivity index (χ1v) is 6.87. The fraction of sp³-hybridized carbons (Fsp3) is 0.111. The van der Waals surface area contributed by atoms with Gasteiger partial charge in [-0.2, -0.15) is 5.10 Å². The lowest BCUT2D eigenvalue weighted by atomic mass is 10.1. The molecule has 0 bridgehead atoms. The first-order chi connectivity index (χ1) is 10.1. The molecule has 0 fully saturated rings. The van der Waals surface area contributed by atoms with E-state index in [9.17, 15) is 4.79 Å². The van der Waals surface area contributed by atoms with Crippen molar-refractivity contribution in [2.75, 3.05) is 0 Å². The van der Waals surface area contributed by atoms with Gasteiger partial charge in [0, 0.05) is 11.8 Å². The molecule has 1 aromatic heterocycles. The number of benzene rings is 2. The van der Waals surface area contributed by atoms with E-state index in [1.165, 1.54) is 10.1 Å². The lowest BCUT2D eigenvalue weighted by Crippen LogP contribution is -2.18. The van der Waals surface area contributed by atoms with Gasteiger partial charge in [0.2, 0.25) is 0 Å². The summed E-state index contributed by atoms with van der Waals surface area (Å²) >= 11 is 0. The Morgan fingerprint density at radius 1 is 0.952 bits per heavy atom. The molecule has 3 aromatic rings. The van der Waals surface area contributed by atoms with Crippen LogP contribution in [-0.4, -0.2) is 10.9 Å². The van der Waals surface area contributed by atoms with Gasteiger partial charge in [-0.05, 0) is 47.9 Å². The maximum atomic E-state index is 11.9. The molecule has 0 aliphatic heterocycles. The fourth-order valence-corrected chi connectivity index (χ4v) is 2.42. The first-order valence-electron chi connectivity index (χ1n) is 6.87. The summed E-state index contributed by atoms with van der Waals surface area (Å²) in [5.74, 6) is 0. The van der Waals surface area contributed by atoms with E-state index in [1.54, 1.807) is 12.3 Å².